The van der Waals surface area contributed by atoms with Gasteiger partial charge in [-0.1, -0.05) is 48.0 Å². The van der Waals surface area contributed by atoms with Crippen LogP contribution in [0.25, 0.3) is 0 Å². The van der Waals surface area contributed by atoms with Crippen LogP contribution < -0.4 is 9.64 Å². The third kappa shape index (κ3) is 3.65. The summed E-state index contributed by atoms with van der Waals surface area (Å²) in [6.07, 6.45) is -0.141. The molecule has 100 valence electrons. The molecule has 0 aliphatic rings. The predicted molar refractivity (Wildman–Crippen MR) is 80.8 cm³/mol. The molecular weight excluding hydrogens is 258 g/mol. The first-order chi connectivity index (χ1) is 9.18. The van der Waals surface area contributed by atoms with Crippen LogP contribution in [0.1, 0.15) is 13.8 Å². The van der Waals surface area contributed by atoms with Crippen LogP contribution in [0.3, 0.4) is 0 Å². The number of anilines is 1. The van der Waals surface area contributed by atoms with Crippen LogP contribution in [0.4, 0.5) is 5.69 Å². The van der Waals surface area contributed by atoms with Gasteiger partial charge in [0.1, 0.15) is 11.3 Å². The van der Waals surface area contributed by atoms with Crippen molar-refractivity contribution in [1.82, 2.24) is 0 Å². The largest absolute Gasteiger partial charge is 0.471 e. The van der Waals surface area contributed by atoms with Crippen molar-refractivity contribution in [3.63, 3.8) is 0 Å². The van der Waals surface area contributed by atoms with Crippen LogP contribution in [-0.4, -0.2) is 11.7 Å². The third-order valence-electron chi connectivity index (χ3n) is 2.88. The lowest BCUT2D eigenvalue weighted by molar-refractivity contribution is 0.212. The van der Waals surface area contributed by atoms with Crippen molar-refractivity contribution in [1.29, 1.82) is 0 Å². The van der Waals surface area contributed by atoms with Crippen LogP contribution in [0.15, 0.2) is 60.7 Å². The van der Waals surface area contributed by atoms with E-state index in [9.17, 15) is 0 Å². The molecule has 2 nitrogen and oxygen atoms in total. The fourth-order valence-electron chi connectivity index (χ4n) is 2.06. The van der Waals surface area contributed by atoms with E-state index < -0.39 is 0 Å². The third-order valence-corrected chi connectivity index (χ3v) is 3.09. The minimum absolute atomic E-state index is 0.141. The second-order valence-corrected chi connectivity index (χ2v) is 4.98. The number of hydrogen-bond acceptors (Lipinski definition) is 2. The number of para-hydroxylation sites is 2. The first-order valence-electron chi connectivity index (χ1n) is 6.37. The molecular formula is C16H18ClNO. The van der Waals surface area contributed by atoms with Gasteiger partial charge in [0, 0.05) is 5.69 Å². The summed E-state index contributed by atoms with van der Waals surface area (Å²) in [6.45, 7) is 3.94. The number of alkyl halides is 1. The molecule has 0 aliphatic heterocycles. The van der Waals surface area contributed by atoms with E-state index in [2.05, 4.69) is 0 Å². The summed E-state index contributed by atoms with van der Waals surface area (Å²) in [5.74, 6) is 0.841. The lowest BCUT2D eigenvalue weighted by atomic mass is 10.3. The van der Waals surface area contributed by atoms with Gasteiger partial charge in [0.05, 0.1) is 0 Å². The van der Waals surface area contributed by atoms with E-state index in [1.807, 2.05) is 79.4 Å². The maximum atomic E-state index is 6.29. The normalized spacial score (nSPS) is 13.6. The van der Waals surface area contributed by atoms with E-state index in [0.29, 0.717) is 0 Å². The van der Waals surface area contributed by atoms with Crippen LogP contribution in [-0.2, 0) is 0 Å². The van der Waals surface area contributed by atoms with E-state index in [4.69, 9.17) is 16.3 Å². The average Bonchev–Trinajstić information content (AvgIpc) is 2.40. The van der Waals surface area contributed by atoms with Gasteiger partial charge in [-0.3, -0.25) is 0 Å². The van der Waals surface area contributed by atoms with Crippen LogP contribution in [0.5, 0.6) is 5.75 Å². The molecule has 2 unspecified atom stereocenters. The van der Waals surface area contributed by atoms with E-state index in [0.717, 1.165) is 11.4 Å². The van der Waals surface area contributed by atoms with E-state index >= 15 is 0 Å². The maximum Gasteiger partial charge on any atom is 0.170 e. The van der Waals surface area contributed by atoms with E-state index in [1.54, 1.807) is 0 Å². The molecule has 0 heterocycles. The molecule has 2 atom stereocenters. The zero-order valence-electron chi connectivity index (χ0n) is 11.2. The number of nitrogens with zero attached hydrogens (tertiary/aromatic N) is 1. The molecule has 0 N–H and O–H groups in total. The smallest absolute Gasteiger partial charge is 0.170 e. The second kappa shape index (κ2) is 6.48. The summed E-state index contributed by atoms with van der Waals surface area (Å²) < 4.78 is 5.93. The predicted octanol–water partition coefficient (Wildman–Crippen LogP) is 4.50. The Morgan fingerprint density at radius 3 is 1.95 bits per heavy atom. The molecule has 0 radical (unpaired) electrons. The summed E-state index contributed by atoms with van der Waals surface area (Å²) >= 11 is 6.29. The van der Waals surface area contributed by atoms with Gasteiger partial charge in [0.25, 0.3) is 0 Å². The van der Waals surface area contributed by atoms with Crippen molar-refractivity contribution in [3.8, 4) is 5.75 Å². The SMILES string of the molecule is CC(Cl)N(c1ccccc1)C(C)Oc1ccccc1. The molecule has 0 saturated heterocycles. The average molecular weight is 276 g/mol. The summed E-state index contributed by atoms with van der Waals surface area (Å²) in [4.78, 5) is 2.04. The van der Waals surface area contributed by atoms with Gasteiger partial charge in [0.2, 0.25) is 0 Å². The fraction of sp³-hybridized carbons (Fsp3) is 0.250. The Balaban J connectivity index is 2.16. The highest BCUT2D eigenvalue weighted by atomic mass is 35.5. The topological polar surface area (TPSA) is 12.5 Å². The standard InChI is InChI=1S/C16H18ClNO/c1-13(17)18(15-9-5-3-6-10-15)14(2)19-16-11-7-4-8-12-16/h3-14H,1-2H3. The molecule has 0 amide bonds. The van der Waals surface area contributed by atoms with Gasteiger partial charge < -0.3 is 9.64 Å². The quantitative estimate of drug-likeness (QED) is 0.452. The molecule has 0 bridgehead atoms. The highest BCUT2D eigenvalue weighted by Gasteiger charge is 2.20. The zero-order valence-corrected chi connectivity index (χ0v) is 11.9. The van der Waals surface area contributed by atoms with Gasteiger partial charge in [-0.25, -0.2) is 0 Å². The summed E-state index contributed by atoms with van der Waals surface area (Å²) in [5.41, 5.74) is 0.898. The van der Waals surface area contributed by atoms with Crippen LogP contribution in [0.2, 0.25) is 0 Å². The van der Waals surface area contributed by atoms with Crippen LogP contribution in [0, 0.1) is 0 Å². The molecule has 0 spiro atoms. The first kappa shape index (κ1) is 13.8. The minimum Gasteiger partial charge on any atom is -0.471 e. The highest BCUT2D eigenvalue weighted by Crippen LogP contribution is 2.23. The minimum atomic E-state index is -0.152. The van der Waals surface area contributed by atoms with E-state index in [1.165, 1.54) is 0 Å². The molecule has 0 aromatic heterocycles. The van der Waals surface area contributed by atoms with Crippen molar-refractivity contribution in [2.75, 3.05) is 4.90 Å². The molecule has 0 fully saturated rings. The number of hydrogen-bond donors (Lipinski definition) is 0. The van der Waals surface area contributed by atoms with Crippen LogP contribution >= 0.6 is 11.6 Å². The first-order valence-corrected chi connectivity index (χ1v) is 6.81. The summed E-state index contributed by atoms with van der Waals surface area (Å²) in [6, 6.07) is 19.8. The molecule has 2 aromatic carbocycles. The van der Waals surface area contributed by atoms with Gasteiger partial charge in [-0.15, -0.1) is 0 Å². The van der Waals surface area contributed by atoms with E-state index in [-0.39, 0.29) is 11.7 Å². The van der Waals surface area contributed by atoms with Gasteiger partial charge in [-0.05, 0) is 38.1 Å². The molecule has 0 saturated carbocycles. The Kier molecular flexibility index (Phi) is 4.69. The number of rotatable bonds is 5. The Morgan fingerprint density at radius 1 is 0.895 bits per heavy atom. The molecule has 3 heteroatoms. The van der Waals surface area contributed by atoms with Crippen molar-refractivity contribution in [2.24, 2.45) is 0 Å². The Labute approximate surface area is 119 Å². The fourth-order valence-corrected chi connectivity index (χ4v) is 2.33. The maximum absolute atomic E-state index is 6.29. The highest BCUT2D eigenvalue weighted by molar-refractivity contribution is 6.21. The summed E-state index contributed by atoms with van der Waals surface area (Å²) in [5, 5.41) is 0. The van der Waals surface area contributed by atoms with Gasteiger partial charge in [0.15, 0.2) is 6.23 Å². The summed E-state index contributed by atoms with van der Waals surface area (Å²) in [7, 11) is 0. The monoisotopic (exact) mass is 275 g/mol. The van der Waals surface area contributed by atoms with Gasteiger partial charge in [-0.2, -0.15) is 0 Å². The molecule has 2 rings (SSSR count). The van der Waals surface area contributed by atoms with Crippen molar-refractivity contribution >= 4 is 17.3 Å². The Bertz CT molecular complexity index is 487. The molecule has 19 heavy (non-hydrogen) atoms. The zero-order chi connectivity index (χ0) is 13.7. The number of halogens is 1. The van der Waals surface area contributed by atoms with Crippen molar-refractivity contribution in [3.05, 3.63) is 60.7 Å². The van der Waals surface area contributed by atoms with Crippen molar-refractivity contribution < 1.29 is 4.74 Å². The lowest BCUT2D eigenvalue weighted by Gasteiger charge is -2.33. The van der Waals surface area contributed by atoms with Crippen molar-refractivity contribution in [2.45, 2.75) is 25.6 Å². The number of ether oxygens (including phenoxy) is 1. The lowest BCUT2D eigenvalue weighted by Crippen LogP contribution is -2.41. The Hall–Kier alpha value is -1.67. The molecule has 2 aromatic rings. The second-order valence-electron chi connectivity index (χ2n) is 4.35. The van der Waals surface area contributed by atoms with Gasteiger partial charge >= 0.3 is 0 Å². The molecule has 0 aliphatic carbocycles. The number of benzene rings is 2. The Morgan fingerprint density at radius 2 is 1.42 bits per heavy atom.